The zero-order chi connectivity index (χ0) is 15.5. The molecule has 0 saturated carbocycles. The summed E-state index contributed by atoms with van der Waals surface area (Å²) in [6.07, 6.45) is 1.51. The Morgan fingerprint density at radius 1 is 0.952 bits per heavy atom. The van der Waals surface area contributed by atoms with Crippen molar-refractivity contribution in [1.82, 2.24) is 4.83 Å². The van der Waals surface area contributed by atoms with Gasteiger partial charge in [0.25, 0.3) is 10.0 Å². The van der Waals surface area contributed by atoms with Crippen LogP contribution in [0.4, 0.5) is 0 Å². The molecule has 21 heavy (non-hydrogen) atoms. The smallest absolute Gasteiger partial charge is 0.200 e. The number of hydrogen-bond acceptors (Lipinski definition) is 3. The van der Waals surface area contributed by atoms with Gasteiger partial charge in [0, 0.05) is 0 Å². The average Bonchev–Trinajstić information content (AvgIpc) is 2.41. The van der Waals surface area contributed by atoms with Crippen LogP contribution in [0.25, 0.3) is 0 Å². The summed E-state index contributed by atoms with van der Waals surface area (Å²) in [5.74, 6) is 0. The first-order valence-corrected chi connectivity index (χ1v) is 8.05. The molecule has 2 rings (SSSR count). The number of nitrogens with one attached hydrogen (secondary N) is 1. The van der Waals surface area contributed by atoms with Crippen molar-refractivity contribution in [3.05, 3.63) is 64.7 Å². The van der Waals surface area contributed by atoms with E-state index in [1.54, 1.807) is 24.3 Å². The summed E-state index contributed by atoms with van der Waals surface area (Å²) in [4.78, 5) is 2.43. The van der Waals surface area contributed by atoms with Crippen molar-refractivity contribution in [1.29, 1.82) is 0 Å². The summed E-state index contributed by atoms with van der Waals surface area (Å²) in [5, 5.41) is 3.84. The van der Waals surface area contributed by atoms with Gasteiger partial charge in [0.1, 0.15) is 0 Å². The van der Waals surface area contributed by atoms with Crippen molar-refractivity contribution in [2.45, 2.75) is 25.7 Å². The third kappa shape index (κ3) is 3.92. The Kier molecular flexibility index (Phi) is 4.43. The van der Waals surface area contributed by atoms with E-state index >= 15 is 0 Å². The second-order valence-corrected chi connectivity index (χ2v) is 6.69. The second kappa shape index (κ2) is 6.10. The van der Waals surface area contributed by atoms with E-state index in [4.69, 9.17) is 0 Å². The van der Waals surface area contributed by atoms with Crippen molar-refractivity contribution in [2.24, 2.45) is 5.10 Å². The summed E-state index contributed by atoms with van der Waals surface area (Å²) in [7, 11) is -3.62. The van der Waals surface area contributed by atoms with Gasteiger partial charge in [-0.2, -0.15) is 13.5 Å². The molecule has 0 aliphatic rings. The molecule has 0 saturated heterocycles. The van der Waals surface area contributed by atoms with E-state index in [9.17, 15) is 8.42 Å². The Labute approximate surface area is 125 Å². The highest BCUT2D eigenvalue weighted by molar-refractivity contribution is 7.89. The minimum Gasteiger partial charge on any atom is -0.200 e. The monoisotopic (exact) mass is 302 g/mol. The number of hydrazone groups is 1. The summed E-state index contributed by atoms with van der Waals surface area (Å²) in [5.41, 5.74) is 4.10. The van der Waals surface area contributed by atoms with Crippen LogP contribution in [0.2, 0.25) is 0 Å². The van der Waals surface area contributed by atoms with E-state index in [-0.39, 0.29) is 4.90 Å². The number of aryl methyl sites for hydroxylation is 3. The van der Waals surface area contributed by atoms with Crippen molar-refractivity contribution >= 4 is 16.2 Å². The normalized spacial score (nSPS) is 11.8. The average molecular weight is 302 g/mol. The summed E-state index contributed by atoms with van der Waals surface area (Å²) < 4.78 is 24.1. The molecule has 0 spiro atoms. The lowest BCUT2D eigenvalue weighted by atomic mass is 10.1. The standard InChI is InChI=1S/C16H18N2O2S/c1-12-5-8-16(9-6-12)21(19,20)18-17-11-15-7-4-13(2)10-14(15)3/h4-11,18H,1-3H3/b17-11-. The van der Waals surface area contributed by atoms with Gasteiger partial charge in [0.15, 0.2) is 0 Å². The molecule has 0 bridgehead atoms. The molecule has 5 heteroatoms. The van der Waals surface area contributed by atoms with Gasteiger partial charge in [0.2, 0.25) is 0 Å². The molecule has 0 heterocycles. The Bertz CT molecular complexity index is 763. The van der Waals surface area contributed by atoms with Gasteiger partial charge in [0.05, 0.1) is 11.1 Å². The molecule has 2 aromatic rings. The Hall–Kier alpha value is -2.14. The van der Waals surface area contributed by atoms with E-state index in [0.29, 0.717) is 0 Å². The first-order chi connectivity index (χ1) is 9.88. The molecule has 0 amide bonds. The quantitative estimate of drug-likeness (QED) is 0.697. The molecule has 4 nitrogen and oxygen atoms in total. The highest BCUT2D eigenvalue weighted by Crippen LogP contribution is 2.10. The van der Waals surface area contributed by atoms with Crippen LogP contribution < -0.4 is 4.83 Å². The molecule has 0 atom stereocenters. The van der Waals surface area contributed by atoms with Crippen LogP contribution in [0.1, 0.15) is 22.3 Å². The van der Waals surface area contributed by atoms with Gasteiger partial charge in [-0.05, 0) is 44.0 Å². The zero-order valence-corrected chi connectivity index (χ0v) is 13.1. The number of benzene rings is 2. The predicted octanol–water partition coefficient (Wildman–Crippen LogP) is 2.92. The topological polar surface area (TPSA) is 58.5 Å². The Morgan fingerprint density at radius 2 is 1.57 bits per heavy atom. The van der Waals surface area contributed by atoms with Crippen LogP contribution in [-0.2, 0) is 10.0 Å². The maximum absolute atomic E-state index is 12.0. The van der Waals surface area contributed by atoms with Gasteiger partial charge < -0.3 is 0 Å². The van der Waals surface area contributed by atoms with Gasteiger partial charge in [-0.25, -0.2) is 4.83 Å². The molecule has 0 aromatic heterocycles. The predicted molar refractivity (Wildman–Crippen MR) is 85.0 cm³/mol. The Balaban J connectivity index is 2.14. The summed E-state index contributed by atoms with van der Waals surface area (Å²) in [6, 6.07) is 12.5. The fourth-order valence-corrected chi connectivity index (χ4v) is 2.70. The fraction of sp³-hybridized carbons (Fsp3) is 0.188. The molecule has 110 valence electrons. The van der Waals surface area contributed by atoms with Crippen LogP contribution in [-0.4, -0.2) is 14.6 Å². The molecule has 2 aromatic carbocycles. The van der Waals surface area contributed by atoms with Crippen molar-refractivity contribution in [3.63, 3.8) is 0 Å². The molecular formula is C16H18N2O2S. The van der Waals surface area contributed by atoms with E-state index in [1.807, 2.05) is 39.0 Å². The van der Waals surface area contributed by atoms with Crippen LogP contribution in [0.15, 0.2) is 52.5 Å². The van der Waals surface area contributed by atoms with E-state index in [0.717, 1.165) is 22.3 Å². The lowest BCUT2D eigenvalue weighted by molar-refractivity contribution is 0.584. The fourth-order valence-electron chi connectivity index (χ4n) is 1.91. The highest BCUT2D eigenvalue weighted by atomic mass is 32.2. The molecule has 0 aliphatic carbocycles. The van der Waals surface area contributed by atoms with Crippen molar-refractivity contribution in [3.8, 4) is 0 Å². The first kappa shape index (κ1) is 15.3. The molecule has 0 unspecified atom stereocenters. The van der Waals surface area contributed by atoms with Gasteiger partial charge >= 0.3 is 0 Å². The van der Waals surface area contributed by atoms with Crippen LogP contribution in [0, 0.1) is 20.8 Å². The largest absolute Gasteiger partial charge is 0.276 e. The minimum atomic E-state index is -3.62. The van der Waals surface area contributed by atoms with Crippen LogP contribution >= 0.6 is 0 Å². The molecule has 0 aliphatic heterocycles. The van der Waals surface area contributed by atoms with Gasteiger partial charge in [-0.1, -0.05) is 41.5 Å². The molecular weight excluding hydrogens is 284 g/mol. The third-order valence-electron chi connectivity index (χ3n) is 3.13. The SMILES string of the molecule is Cc1ccc(S(=O)(=O)N/N=C\c2ccc(C)cc2C)cc1. The summed E-state index contributed by atoms with van der Waals surface area (Å²) >= 11 is 0. The van der Waals surface area contributed by atoms with Gasteiger partial charge in [-0.15, -0.1) is 0 Å². The van der Waals surface area contributed by atoms with E-state index in [1.165, 1.54) is 6.21 Å². The molecule has 1 N–H and O–H groups in total. The van der Waals surface area contributed by atoms with E-state index < -0.39 is 10.0 Å². The lowest BCUT2D eigenvalue weighted by Crippen LogP contribution is -2.18. The van der Waals surface area contributed by atoms with E-state index in [2.05, 4.69) is 9.93 Å². The van der Waals surface area contributed by atoms with Crippen LogP contribution in [0.3, 0.4) is 0 Å². The lowest BCUT2D eigenvalue weighted by Gasteiger charge is -2.04. The number of hydrogen-bond donors (Lipinski definition) is 1. The van der Waals surface area contributed by atoms with Crippen molar-refractivity contribution < 1.29 is 8.42 Å². The van der Waals surface area contributed by atoms with Crippen molar-refractivity contribution in [2.75, 3.05) is 0 Å². The van der Waals surface area contributed by atoms with Gasteiger partial charge in [-0.3, -0.25) is 0 Å². The number of sulfonamides is 1. The first-order valence-electron chi connectivity index (χ1n) is 6.57. The minimum absolute atomic E-state index is 0.200. The molecule has 0 fully saturated rings. The van der Waals surface area contributed by atoms with Crippen LogP contribution in [0.5, 0.6) is 0 Å². The maximum atomic E-state index is 12.0. The molecule has 0 radical (unpaired) electrons. The summed E-state index contributed by atoms with van der Waals surface area (Å²) in [6.45, 7) is 5.87. The number of rotatable bonds is 4. The Morgan fingerprint density at radius 3 is 2.19 bits per heavy atom. The highest BCUT2D eigenvalue weighted by Gasteiger charge is 2.11. The maximum Gasteiger partial charge on any atom is 0.276 e. The second-order valence-electron chi connectivity index (χ2n) is 5.03. The number of nitrogens with zero attached hydrogens (tertiary/aromatic N) is 1. The third-order valence-corrected chi connectivity index (χ3v) is 4.37. The zero-order valence-electron chi connectivity index (χ0n) is 12.3.